The van der Waals surface area contributed by atoms with E-state index in [-0.39, 0.29) is 29.0 Å². The number of anilines is 1. The molecule has 0 atom stereocenters. The van der Waals surface area contributed by atoms with Crippen molar-refractivity contribution in [1.29, 1.82) is 0 Å². The third-order valence-electron chi connectivity index (χ3n) is 1.98. The summed E-state index contributed by atoms with van der Waals surface area (Å²) in [7, 11) is 0. The molecule has 80 valence electrons. The molecule has 15 heavy (non-hydrogen) atoms. The van der Waals surface area contributed by atoms with Crippen LogP contribution < -0.4 is 5.73 Å². The van der Waals surface area contributed by atoms with E-state index < -0.39 is 11.7 Å². The van der Waals surface area contributed by atoms with Crippen LogP contribution in [-0.2, 0) is 0 Å². The maximum absolute atomic E-state index is 11.4. The first-order chi connectivity index (χ1) is 6.97. The first-order valence-corrected chi connectivity index (χ1v) is 4.36. The van der Waals surface area contributed by atoms with Gasteiger partial charge in [0.1, 0.15) is 11.3 Å². The van der Waals surface area contributed by atoms with Crippen LogP contribution in [0.1, 0.15) is 34.1 Å². The van der Waals surface area contributed by atoms with Gasteiger partial charge in [-0.25, -0.2) is 4.79 Å². The normalized spacial score (nSPS) is 9.93. The van der Waals surface area contributed by atoms with E-state index in [1.54, 1.807) is 6.92 Å². The van der Waals surface area contributed by atoms with Crippen LogP contribution in [0.4, 0.5) is 5.69 Å². The summed E-state index contributed by atoms with van der Waals surface area (Å²) in [6, 6.07) is 2.39. The van der Waals surface area contributed by atoms with Crippen molar-refractivity contribution >= 4 is 17.4 Å². The van der Waals surface area contributed by atoms with Gasteiger partial charge in [-0.05, 0) is 12.1 Å². The number of rotatable bonds is 3. The number of carboxylic acids is 1. The van der Waals surface area contributed by atoms with Crippen LogP contribution in [0, 0.1) is 0 Å². The van der Waals surface area contributed by atoms with Crippen molar-refractivity contribution in [3.8, 4) is 5.75 Å². The Bertz CT molecular complexity index is 426. The van der Waals surface area contributed by atoms with Crippen molar-refractivity contribution in [1.82, 2.24) is 0 Å². The highest BCUT2D eigenvalue weighted by atomic mass is 16.4. The first kappa shape index (κ1) is 11.0. The number of nitrogen functional groups attached to an aromatic ring is 1. The quantitative estimate of drug-likeness (QED) is 0.395. The minimum atomic E-state index is -1.31. The first-order valence-electron chi connectivity index (χ1n) is 4.36. The Kier molecular flexibility index (Phi) is 2.94. The molecule has 0 unspecified atom stereocenters. The fourth-order valence-corrected chi connectivity index (χ4v) is 1.22. The summed E-state index contributed by atoms with van der Waals surface area (Å²) in [5.74, 6) is -2.18. The average Bonchev–Trinajstić information content (AvgIpc) is 2.19. The molecule has 0 amide bonds. The fraction of sp³-hybridized carbons (Fsp3) is 0.200. The Balaban J connectivity index is 3.41. The lowest BCUT2D eigenvalue weighted by molar-refractivity contribution is 0.0693. The molecule has 0 aliphatic heterocycles. The highest BCUT2D eigenvalue weighted by Crippen LogP contribution is 2.26. The molecule has 0 aliphatic carbocycles. The van der Waals surface area contributed by atoms with E-state index in [9.17, 15) is 14.7 Å². The minimum Gasteiger partial charge on any atom is -0.506 e. The van der Waals surface area contributed by atoms with Gasteiger partial charge in [-0.2, -0.15) is 0 Å². The third-order valence-corrected chi connectivity index (χ3v) is 1.98. The topological polar surface area (TPSA) is 101 Å². The summed E-state index contributed by atoms with van der Waals surface area (Å²) in [4.78, 5) is 22.1. The number of hydrogen-bond acceptors (Lipinski definition) is 4. The van der Waals surface area contributed by atoms with Gasteiger partial charge in [0.2, 0.25) is 0 Å². The van der Waals surface area contributed by atoms with Crippen LogP contribution in [0.5, 0.6) is 5.75 Å². The molecule has 0 saturated carbocycles. The SMILES string of the molecule is CCC(=O)c1cc(N)cc(C(=O)O)c1O. The second-order valence-electron chi connectivity index (χ2n) is 3.05. The molecule has 0 spiro atoms. The lowest BCUT2D eigenvalue weighted by Crippen LogP contribution is -2.05. The Morgan fingerprint density at radius 1 is 1.33 bits per heavy atom. The number of Topliss-reactive ketones (excluding diaryl/α,β-unsaturated/α-hetero) is 1. The molecule has 1 rings (SSSR count). The number of carboxylic acid groups (broad SMARTS) is 1. The molecular formula is C10H11NO4. The molecule has 0 fully saturated rings. The third kappa shape index (κ3) is 2.07. The van der Waals surface area contributed by atoms with Gasteiger partial charge in [0, 0.05) is 12.1 Å². The van der Waals surface area contributed by atoms with Gasteiger partial charge < -0.3 is 15.9 Å². The molecule has 0 bridgehead atoms. The molecule has 5 heteroatoms. The maximum Gasteiger partial charge on any atom is 0.339 e. The lowest BCUT2D eigenvalue weighted by atomic mass is 10.0. The van der Waals surface area contributed by atoms with E-state index in [4.69, 9.17) is 10.8 Å². The number of carbonyl (C=O) groups excluding carboxylic acids is 1. The summed E-state index contributed by atoms with van der Waals surface area (Å²) in [5, 5.41) is 18.3. The number of ketones is 1. The molecular weight excluding hydrogens is 198 g/mol. The second kappa shape index (κ2) is 4.00. The van der Waals surface area contributed by atoms with Gasteiger partial charge in [-0.1, -0.05) is 6.92 Å². The Morgan fingerprint density at radius 2 is 1.87 bits per heavy atom. The lowest BCUT2D eigenvalue weighted by Gasteiger charge is -2.06. The van der Waals surface area contributed by atoms with Crippen molar-refractivity contribution in [3.63, 3.8) is 0 Å². The highest BCUT2D eigenvalue weighted by molar-refractivity contribution is 6.03. The predicted molar refractivity (Wildman–Crippen MR) is 54.1 cm³/mol. The second-order valence-corrected chi connectivity index (χ2v) is 3.05. The summed E-state index contributed by atoms with van der Waals surface area (Å²) >= 11 is 0. The van der Waals surface area contributed by atoms with Crippen LogP contribution in [0.25, 0.3) is 0 Å². The summed E-state index contributed by atoms with van der Waals surface area (Å²) < 4.78 is 0. The van der Waals surface area contributed by atoms with Crippen molar-refractivity contribution in [2.45, 2.75) is 13.3 Å². The standard InChI is InChI=1S/C10H11NO4/c1-2-8(12)6-3-5(11)4-7(9(6)13)10(14)15/h3-4,13H,2,11H2,1H3,(H,14,15). The van der Waals surface area contributed by atoms with Gasteiger partial charge in [0.05, 0.1) is 5.56 Å². The molecule has 1 aromatic rings. The molecule has 1 aromatic carbocycles. The van der Waals surface area contributed by atoms with Crippen molar-refractivity contribution in [3.05, 3.63) is 23.3 Å². The van der Waals surface area contributed by atoms with E-state index in [1.165, 1.54) is 6.07 Å². The Morgan fingerprint density at radius 3 is 2.33 bits per heavy atom. The monoisotopic (exact) mass is 209 g/mol. The number of phenols is 1. The van der Waals surface area contributed by atoms with E-state index >= 15 is 0 Å². The van der Waals surface area contributed by atoms with Crippen molar-refractivity contribution in [2.24, 2.45) is 0 Å². The maximum atomic E-state index is 11.4. The number of nitrogens with two attached hydrogens (primary N) is 1. The fourth-order valence-electron chi connectivity index (χ4n) is 1.22. The van der Waals surface area contributed by atoms with E-state index in [0.29, 0.717) is 0 Å². The van der Waals surface area contributed by atoms with Gasteiger partial charge in [-0.15, -0.1) is 0 Å². The van der Waals surface area contributed by atoms with E-state index in [1.807, 2.05) is 0 Å². The van der Waals surface area contributed by atoms with Crippen LogP contribution in [-0.4, -0.2) is 22.0 Å². The zero-order valence-electron chi connectivity index (χ0n) is 8.15. The number of aromatic carboxylic acids is 1. The van der Waals surface area contributed by atoms with Gasteiger partial charge in [0.25, 0.3) is 0 Å². The molecule has 0 aliphatic rings. The zero-order valence-corrected chi connectivity index (χ0v) is 8.15. The average molecular weight is 209 g/mol. The number of benzene rings is 1. The van der Waals surface area contributed by atoms with Crippen molar-refractivity contribution < 1.29 is 19.8 Å². The molecule has 0 aromatic heterocycles. The van der Waals surface area contributed by atoms with Crippen LogP contribution in [0.3, 0.4) is 0 Å². The predicted octanol–water partition coefficient (Wildman–Crippen LogP) is 1.27. The number of hydrogen-bond donors (Lipinski definition) is 3. The minimum absolute atomic E-state index is 0.0464. The van der Waals surface area contributed by atoms with E-state index in [2.05, 4.69) is 0 Å². The highest BCUT2D eigenvalue weighted by Gasteiger charge is 2.18. The zero-order chi connectivity index (χ0) is 11.6. The molecule has 0 radical (unpaired) electrons. The Hall–Kier alpha value is -2.04. The van der Waals surface area contributed by atoms with Gasteiger partial charge >= 0.3 is 5.97 Å². The Labute approximate surface area is 86.1 Å². The van der Waals surface area contributed by atoms with Gasteiger partial charge in [0.15, 0.2) is 5.78 Å². The van der Waals surface area contributed by atoms with Crippen LogP contribution >= 0.6 is 0 Å². The van der Waals surface area contributed by atoms with Crippen molar-refractivity contribution in [2.75, 3.05) is 5.73 Å². The summed E-state index contributed by atoms with van der Waals surface area (Å²) in [5.41, 5.74) is 5.17. The number of carbonyl (C=O) groups is 2. The molecule has 5 nitrogen and oxygen atoms in total. The van der Waals surface area contributed by atoms with Gasteiger partial charge in [-0.3, -0.25) is 4.79 Å². The largest absolute Gasteiger partial charge is 0.506 e. The summed E-state index contributed by atoms with van der Waals surface area (Å²) in [6.45, 7) is 1.62. The molecule has 4 N–H and O–H groups in total. The van der Waals surface area contributed by atoms with Crippen LogP contribution in [0.2, 0.25) is 0 Å². The molecule has 0 saturated heterocycles. The van der Waals surface area contributed by atoms with Crippen LogP contribution in [0.15, 0.2) is 12.1 Å². The number of aromatic hydroxyl groups is 1. The van der Waals surface area contributed by atoms with E-state index in [0.717, 1.165) is 6.07 Å². The smallest absolute Gasteiger partial charge is 0.339 e. The molecule has 0 heterocycles. The summed E-state index contributed by atoms with van der Waals surface area (Å²) in [6.07, 6.45) is 0.177.